The minimum atomic E-state index is -0.993. The van der Waals surface area contributed by atoms with E-state index in [1.54, 1.807) is 23.1 Å². The zero-order valence-corrected chi connectivity index (χ0v) is 30.0. The molecule has 0 bridgehead atoms. The molecule has 3 heterocycles. The summed E-state index contributed by atoms with van der Waals surface area (Å²) in [4.78, 5) is 45.1. The molecule has 266 valence electrons. The standard InChI is InChI=1S/C42H42N4O6/c1-5-43(6-2)28-14-13-27-23-35(42(50)52-36(27)24-28)40(47)46-21-19-45(20-22-46)30-16-18-34-38(26-30)51-37-25-29(44(7-3)8-4)15-17-33(37)39(34)31-11-9-10-12-32(31)41(48)49/h9-18,23-26H,5-8,19-22H2,1-4H3/p+1. The van der Waals surface area contributed by atoms with Gasteiger partial charge in [-0.3, -0.25) is 4.79 Å². The molecule has 1 N–H and O–H groups in total. The van der Waals surface area contributed by atoms with Gasteiger partial charge in [0.05, 0.1) is 24.7 Å². The number of carboxylic acids is 1. The summed E-state index contributed by atoms with van der Waals surface area (Å²) in [6, 6.07) is 26.5. The fourth-order valence-corrected chi connectivity index (χ4v) is 7.40. The molecule has 1 fully saturated rings. The zero-order valence-electron chi connectivity index (χ0n) is 30.0. The van der Waals surface area contributed by atoms with Gasteiger partial charge in [0.2, 0.25) is 5.36 Å². The molecule has 1 amide bonds. The van der Waals surface area contributed by atoms with Crippen molar-refractivity contribution in [2.24, 2.45) is 0 Å². The number of anilines is 2. The van der Waals surface area contributed by atoms with Gasteiger partial charge in [-0.2, -0.15) is 0 Å². The quantitative estimate of drug-likeness (QED) is 0.102. The summed E-state index contributed by atoms with van der Waals surface area (Å²) in [7, 11) is 0. The highest BCUT2D eigenvalue weighted by molar-refractivity contribution is 6.07. The molecule has 10 heteroatoms. The van der Waals surface area contributed by atoms with E-state index in [1.165, 1.54) is 0 Å². The predicted molar refractivity (Wildman–Crippen MR) is 206 cm³/mol. The number of hydrogen-bond acceptors (Lipinski definition) is 7. The van der Waals surface area contributed by atoms with Crippen molar-refractivity contribution in [3.63, 3.8) is 0 Å². The van der Waals surface area contributed by atoms with E-state index in [0.29, 0.717) is 54.1 Å². The highest BCUT2D eigenvalue weighted by Gasteiger charge is 2.28. The van der Waals surface area contributed by atoms with Crippen LogP contribution in [0.3, 0.4) is 0 Å². The summed E-state index contributed by atoms with van der Waals surface area (Å²) < 4.78 is 14.5. The molecule has 7 rings (SSSR count). The molecular formula is C42H43N4O6+. The van der Waals surface area contributed by atoms with Crippen molar-refractivity contribution in [1.29, 1.82) is 0 Å². The van der Waals surface area contributed by atoms with Crippen LogP contribution in [0.4, 0.5) is 11.4 Å². The minimum absolute atomic E-state index is 0.0335. The van der Waals surface area contributed by atoms with Gasteiger partial charge in [0.1, 0.15) is 22.5 Å². The normalized spacial score (nSPS) is 13.2. The number of hydrogen-bond donors (Lipinski definition) is 1. The van der Waals surface area contributed by atoms with Crippen molar-refractivity contribution < 1.29 is 23.5 Å². The minimum Gasteiger partial charge on any atom is -0.478 e. The number of carbonyl (C=O) groups is 2. The van der Waals surface area contributed by atoms with Gasteiger partial charge in [0.25, 0.3) is 5.91 Å². The molecule has 0 saturated carbocycles. The second kappa shape index (κ2) is 14.4. The summed E-state index contributed by atoms with van der Waals surface area (Å²) in [6.45, 7) is 13.7. The van der Waals surface area contributed by atoms with Gasteiger partial charge in [-0.15, -0.1) is 0 Å². The van der Waals surface area contributed by atoms with Crippen LogP contribution in [0.25, 0.3) is 44.4 Å². The number of aromatic carboxylic acids is 1. The van der Waals surface area contributed by atoms with Crippen molar-refractivity contribution in [2.75, 3.05) is 62.2 Å². The van der Waals surface area contributed by atoms with E-state index >= 15 is 0 Å². The predicted octanol–water partition coefficient (Wildman–Crippen LogP) is 6.63. The van der Waals surface area contributed by atoms with Gasteiger partial charge in [-0.25, -0.2) is 14.2 Å². The summed E-state index contributed by atoms with van der Waals surface area (Å²) in [6.07, 6.45) is 0. The summed E-state index contributed by atoms with van der Waals surface area (Å²) in [5, 5.41) is 12.6. The highest BCUT2D eigenvalue weighted by Crippen LogP contribution is 2.42. The Morgan fingerprint density at radius 1 is 0.731 bits per heavy atom. The maximum Gasteiger partial charge on any atom is 0.349 e. The van der Waals surface area contributed by atoms with Crippen LogP contribution >= 0.6 is 0 Å². The highest BCUT2D eigenvalue weighted by atomic mass is 16.4. The molecule has 3 aromatic carbocycles. The molecule has 3 aliphatic rings. The second-order valence-corrected chi connectivity index (χ2v) is 13.0. The molecule has 0 atom stereocenters. The lowest BCUT2D eigenvalue weighted by Gasteiger charge is -2.25. The monoisotopic (exact) mass is 699 g/mol. The van der Waals surface area contributed by atoms with E-state index in [0.717, 1.165) is 59.4 Å². The van der Waals surface area contributed by atoms with E-state index in [1.807, 2.05) is 60.7 Å². The number of rotatable bonds is 9. The van der Waals surface area contributed by atoms with Gasteiger partial charge >= 0.3 is 11.6 Å². The Hall–Kier alpha value is -5.90. The molecule has 0 radical (unpaired) electrons. The third-order valence-corrected chi connectivity index (χ3v) is 10.3. The maximum absolute atomic E-state index is 13.6. The smallest absolute Gasteiger partial charge is 0.349 e. The Balaban J connectivity index is 1.23. The van der Waals surface area contributed by atoms with Crippen LogP contribution in [0, 0.1) is 0 Å². The molecule has 2 aliphatic heterocycles. The van der Waals surface area contributed by atoms with Crippen LogP contribution in [0.15, 0.2) is 98.6 Å². The largest absolute Gasteiger partial charge is 0.478 e. The number of piperazine rings is 1. The first-order chi connectivity index (χ1) is 25.2. The van der Waals surface area contributed by atoms with Gasteiger partial charge in [0.15, 0.2) is 13.1 Å². The van der Waals surface area contributed by atoms with Gasteiger partial charge in [-0.1, -0.05) is 18.2 Å². The number of nitrogens with zero attached hydrogens (tertiary/aromatic N) is 4. The Morgan fingerprint density at radius 3 is 2.06 bits per heavy atom. The molecule has 0 unspecified atom stereocenters. The number of benzene rings is 4. The average Bonchev–Trinajstić information content (AvgIpc) is 3.17. The Morgan fingerprint density at radius 2 is 1.38 bits per heavy atom. The molecule has 1 saturated heterocycles. The Labute approximate surface area is 301 Å². The summed E-state index contributed by atoms with van der Waals surface area (Å²) >= 11 is 0. The van der Waals surface area contributed by atoms with Crippen LogP contribution in [-0.4, -0.2) is 74.2 Å². The van der Waals surface area contributed by atoms with Crippen LogP contribution in [0.5, 0.6) is 0 Å². The fraction of sp³-hybridized carbons (Fsp3) is 0.286. The first-order valence-electron chi connectivity index (χ1n) is 18.0. The van der Waals surface area contributed by atoms with E-state index in [4.69, 9.17) is 8.83 Å². The second-order valence-electron chi connectivity index (χ2n) is 13.0. The van der Waals surface area contributed by atoms with E-state index in [2.05, 4.69) is 48.1 Å². The van der Waals surface area contributed by atoms with Crippen molar-refractivity contribution in [3.8, 4) is 22.5 Å². The lowest BCUT2D eigenvalue weighted by atomic mass is 9.90. The molecule has 1 aliphatic carbocycles. The number of fused-ring (bicyclic) bond motifs is 3. The Bertz CT molecular complexity index is 2410. The van der Waals surface area contributed by atoms with Gasteiger partial charge < -0.3 is 28.6 Å². The van der Waals surface area contributed by atoms with Gasteiger partial charge in [-0.05, 0) is 75.7 Å². The van der Waals surface area contributed by atoms with Crippen molar-refractivity contribution in [1.82, 2.24) is 9.48 Å². The third-order valence-electron chi connectivity index (χ3n) is 10.3. The molecular weight excluding hydrogens is 656 g/mol. The lowest BCUT2D eigenvalue weighted by Crippen LogP contribution is -2.50. The number of carbonyl (C=O) groups excluding carboxylic acids is 1. The van der Waals surface area contributed by atoms with E-state index < -0.39 is 11.6 Å². The van der Waals surface area contributed by atoms with E-state index in [9.17, 15) is 19.5 Å². The van der Waals surface area contributed by atoms with Crippen LogP contribution in [-0.2, 0) is 0 Å². The molecule has 4 aromatic rings. The van der Waals surface area contributed by atoms with Crippen LogP contribution in [0.2, 0.25) is 0 Å². The molecule has 10 nitrogen and oxygen atoms in total. The van der Waals surface area contributed by atoms with Crippen LogP contribution < -0.4 is 25.4 Å². The third kappa shape index (κ3) is 6.29. The maximum atomic E-state index is 13.6. The molecule has 0 spiro atoms. The zero-order chi connectivity index (χ0) is 36.5. The fourth-order valence-electron chi connectivity index (χ4n) is 7.40. The first-order valence-corrected chi connectivity index (χ1v) is 18.0. The summed E-state index contributed by atoms with van der Waals surface area (Å²) in [5.41, 5.74) is 4.98. The van der Waals surface area contributed by atoms with Crippen molar-refractivity contribution in [3.05, 3.63) is 112 Å². The summed E-state index contributed by atoms with van der Waals surface area (Å²) in [5.74, 6) is -0.699. The number of carboxylic acid groups (broad SMARTS) is 1. The lowest BCUT2D eigenvalue weighted by molar-refractivity contribution is 0.0694. The first kappa shape index (κ1) is 34.5. The molecule has 52 heavy (non-hydrogen) atoms. The SMILES string of the molecule is CCN(CC)c1ccc2cc(C(=O)N3CC[N+](=c4ccc5c(-c6ccccc6C(=O)O)c6ccc(N(CC)CC)cc6oc-5c4)CC3)c(=O)oc2c1. The Kier molecular flexibility index (Phi) is 9.55. The van der Waals surface area contributed by atoms with Crippen LogP contribution in [0.1, 0.15) is 48.4 Å². The number of amides is 1. The van der Waals surface area contributed by atoms with E-state index in [-0.39, 0.29) is 17.0 Å². The van der Waals surface area contributed by atoms with Gasteiger partial charge in [0, 0.05) is 77.7 Å². The van der Waals surface area contributed by atoms with Crippen molar-refractivity contribution in [2.45, 2.75) is 27.7 Å². The average molecular weight is 700 g/mol. The van der Waals surface area contributed by atoms with Crippen molar-refractivity contribution >= 4 is 45.2 Å². The molecule has 1 aromatic heterocycles. The topological polar surface area (TPSA) is 110 Å².